The number of aromatic hydroxyl groups is 1. The third-order valence-corrected chi connectivity index (χ3v) is 8.88. The van der Waals surface area contributed by atoms with Gasteiger partial charge in [-0.3, -0.25) is 0 Å². The van der Waals surface area contributed by atoms with Gasteiger partial charge >= 0.3 is 6.09 Å². The standard InChI is InChI=1S/C32H46N2O8/c1-5-17-41-32-28(34(3)31(38)40-6-2)20-26(33-39-4)24-18-21(11-7-9-15-35)23(12-8-10-16-36)29(30(24)32)25-19-22(37)13-14-27(25)42-32/h5,13-14,18-19,21,23,28-30,35-37H,1,6-12,15-17,20H2,2-4H3/t21-,23+,28-,29+,30+,32+/m0/s1. The second-order valence-corrected chi connectivity index (χ2v) is 11.3. The number of benzene rings is 1. The molecule has 0 radical (unpaired) electrons. The Bertz CT molecular complexity index is 1150. The fourth-order valence-corrected chi connectivity index (χ4v) is 7.20. The van der Waals surface area contributed by atoms with Gasteiger partial charge in [0.2, 0.25) is 5.79 Å². The topological polar surface area (TPSA) is 130 Å². The number of oxime groups is 1. The lowest BCUT2D eigenvalue weighted by atomic mass is 9.55. The molecule has 0 bridgehead atoms. The van der Waals surface area contributed by atoms with Crippen LogP contribution in [-0.4, -0.2) is 84.4 Å². The Morgan fingerprint density at radius 2 is 1.95 bits per heavy atom. The number of nitrogens with zero attached hydrogens (tertiary/aromatic N) is 2. The third kappa shape index (κ3) is 6.16. The SMILES string of the molecule is C=CCO[C@@]12Oc3ccc(O)cc3[C@H]3[C@H](CCCCO)[C@@H](CCCCO)C=C(C(=NOC)C[C@@H]1N(C)C(=O)OCC)[C@H]32. The molecule has 1 aliphatic heterocycles. The van der Waals surface area contributed by atoms with Crippen LogP contribution in [0.25, 0.3) is 0 Å². The molecule has 2 aliphatic carbocycles. The molecule has 6 atom stereocenters. The largest absolute Gasteiger partial charge is 0.508 e. The fraction of sp³-hybridized carbons (Fsp3) is 0.625. The van der Waals surface area contributed by atoms with Gasteiger partial charge in [0, 0.05) is 38.2 Å². The van der Waals surface area contributed by atoms with Gasteiger partial charge in [-0.25, -0.2) is 4.79 Å². The smallest absolute Gasteiger partial charge is 0.409 e. The summed E-state index contributed by atoms with van der Waals surface area (Å²) in [4.78, 5) is 20.1. The van der Waals surface area contributed by atoms with Gasteiger partial charge < -0.3 is 39.3 Å². The maximum Gasteiger partial charge on any atom is 0.409 e. The van der Waals surface area contributed by atoms with E-state index in [4.69, 9.17) is 19.0 Å². The van der Waals surface area contributed by atoms with Crippen molar-refractivity contribution in [3.05, 3.63) is 48.1 Å². The van der Waals surface area contributed by atoms with E-state index in [1.165, 1.54) is 12.0 Å². The summed E-state index contributed by atoms with van der Waals surface area (Å²) in [5.74, 6) is -0.896. The van der Waals surface area contributed by atoms with Crippen molar-refractivity contribution >= 4 is 11.8 Å². The first-order valence-electron chi connectivity index (χ1n) is 15.1. The molecule has 1 fully saturated rings. The molecular weight excluding hydrogens is 540 g/mol. The van der Waals surface area contributed by atoms with Crippen LogP contribution in [0.4, 0.5) is 4.79 Å². The number of ether oxygens (including phenoxy) is 3. The van der Waals surface area contributed by atoms with E-state index in [-0.39, 0.29) is 49.9 Å². The predicted molar refractivity (Wildman–Crippen MR) is 158 cm³/mol. The van der Waals surface area contributed by atoms with E-state index in [0.717, 1.165) is 36.8 Å². The van der Waals surface area contributed by atoms with E-state index in [1.54, 1.807) is 38.2 Å². The molecule has 3 aliphatic rings. The molecule has 0 unspecified atom stereocenters. The molecule has 10 nitrogen and oxygen atoms in total. The van der Waals surface area contributed by atoms with Crippen LogP contribution in [0.15, 0.2) is 47.7 Å². The summed E-state index contributed by atoms with van der Waals surface area (Å²) in [5.41, 5.74) is 2.53. The molecule has 42 heavy (non-hydrogen) atoms. The number of likely N-dealkylation sites (N-methyl/N-ethyl adjacent to an activating group) is 1. The van der Waals surface area contributed by atoms with Gasteiger partial charge in [0.15, 0.2) is 0 Å². The van der Waals surface area contributed by atoms with Crippen molar-refractivity contribution in [2.24, 2.45) is 22.9 Å². The number of amides is 1. The number of unbranched alkanes of at least 4 members (excludes halogenated alkanes) is 2. The average Bonchev–Trinajstić information content (AvgIpc) is 2.98. The fourth-order valence-electron chi connectivity index (χ4n) is 7.20. The molecule has 1 saturated carbocycles. The lowest BCUT2D eigenvalue weighted by Crippen LogP contribution is -2.69. The highest BCUT2D eigenvalue weighted by Crippen LogP contribution is 2.61. The van der Waals surface area contributed by atoms with Gasteiger partial charge in [0.25, 0.3) is 0 Å². The van der Waals surface area contributed by atoms with Crippen LogP contribution in [0.3, 0.4) is 0 Å². The minimum Gasteiger partial charge on any atom is -0.508 e. The summed E-state index contributed by atoms with van der Waals surface area (Å²) in [6, 6.07) is 4.52. The molecule has 3 N–H and O–H groups in total. The van der Waals surface area contributed by atoms with Crippen LogP contribution in [0, 0.1) is 17.8 Å². The lowest BCUT2D eigenvalue weighted by Gasteiger charge is -2.59. The lowest BCUT2D eigenvalue weighted by molar-refractivity contribution is -0.253. The number of fused-ring (bicyclic) bond motifs is 2. The maximum atomic E-state index is 13.2. The zero-order valence-corrected chi connectivity index (χ0v) is 25.0. The Kier molecular flexibility index (Phi) is 10.9. The van der Waals surface area contributed by atoms with Crippen molar-refractivity contribution in [2.45, 2.75) is 69.6 Å². The summed E-state index contributed by atoms with van der Waals surface area (Å²) in [7, 11) is 3.19. The molecule has 0 saturated heterocycles. The zero-order valence-electron chi connectivity index (χ0n) is 25.0. The van der Waals surface area contributed by atoms with Crippen molar-refractivity contribution in [3.63, 3.8) is 0 Å². The maximum absolute atomic E-state index is 13.2. The number of carbonyl (C=O) groups is 1. The second kappa shape index (κ2) is 14.4. The van der Waals surface area contributed by atoms with Crippen LogP contribution >= 0.6 is 0 Å². The number of aliphatic hydroxyl groups excluding tert-OH is 2. The molecule has 1 aromatic carbocycles. The Labute approximate surface area is 248 Å². The molecule has 10 heteroatoms. The van der Waals surface area contributed by atoms with E-state index < -0.39 is 23.8 Å². The van der Waals surface area contributed by atoms with Gasteiger partial charge in [0.05, 0.1) is 24.8 Å². The van der Waals surface area contributed by atoms with Crippen LogP contribution in [0.5, 0.6) is 11.5 Å². The number of rotatable bonds is 14. The summed E-state index contributed by atoms with van der Waals surface area (Å²) in [6.45, 7) is 6.29. The first-order valence-corrected chi connectivity index (χ1v) is 15.1. The van der Waals surface area contributed by atoms with E-state index in [2.05, 4.69) is 17.8 Å². The third-order valence-electron chi connectivity index (χ3n) is 8.88. The van der Waals surface area contributed by atoms with Crippen molar-refractivity contribution in [1.29, 1.82) is 0 Å². The molecule has 0 spiro atoms. The Morgan fingerprint density at radius 3 is 2.62 bits per heavy atom. The molecule has 1 amide bonds. The van der Waals surface area contributed by atoms with Crippen LogP contribution in [0.1, 0.15) is 63.4 Å². The number of hydrogen-bond acceptors (Lipinski definition) is 9. The summed E-state index contributed by atoms with van der Waals surface area (Å²) < 4.78 is 19.0. The number of aliphatic hydroxyl groups is 2. The van der Waals surface area contributed by atoms with E-state index in [0.29, 0.717) is 30.7 Å². The average molecular weight is 587 g/mol. The van der Waals surface area contributed by atoms with Gasteiger partial charge in [-0.2, -0.15) is 0 Å². The molecule has 232 valence electrons. The summed E-state index contributed by atoms with van der Waals surface area (Å²) >= 11 is 0. The van der Waals surface area contributed by atoms with Crippen LogP contribution in [-0.2, 0) is 14.3 Å². The van der Waals surface area contributed by atoms with Crippen molar-refractivity contribution in [1.82, 2.24) is 4.90 Å². The van der Waals surface area contributed by atoms with Crippen molar-refractivity contribution in [2.75, 3.05) is 40.6 Å². The number of phenols is 1. The van der Waals surface area contributed by atoms with Crippen LogP contribution < -0.4 is 4.74 Å². The highest BCUT2D eigenvalue weighted by molar-refractivity contribution is 6.02. The summed E-state index contributed by atoms with van der Waals surface area (Å²) in [5, 5.41) is 34.3. The van der Waals surface area contributed by atoms with Gasteiger partial charge in [-0.05, 0) is 68.2 Å². The zero-order chi connectivity index (χ0) is 30.3. The quantitative estimate of drug-likeness (QED) is 0.162. The van der Waals surface area contributed by atoms with Gasteiger partial charge in [-0.1, -0.05) is 30.1 Å². The monoisotopic (exact) mass is 586 g/mol. The Balaban J connectivity index is 1.98. The number of allylic oxidation sites excluding steroid dienone is 1. The first kappa shape index (κ1) is 31.8. The molecule has 4 rings (SSSR count). The van der Waals surface area contributed by atoms with Gasteiger partial charge in [-0.15, -0.1) is 6.58 Å². The normalized spacial score (nSPS) is 28.6. The number of phenolic OH excluding ortho intramolecular Hbond substituents is 1. The summed E-state index contributed by atoms with van der Waals surface area (Å²) in [6.07, 6.45) is 8.50. The Morgan fingerprint density at radius 1 is 1.21 bits per heavy atom. The minimum absolute atomic E-state index is 0.107. The van der Waals surface area contributed by atoms with Crippen molar-refractivity contribution in [3.8, 4) is 11.5 Å². The molecule has 0 aromatic heterocycles. The minimum atomic E-state index is -1.31. The second-order valence-electron chi connectivity index (χ2n) is 11.3. The Hall–Kier alpha value is -3.08. The highest BCUT2D eigenvalue weighted by Gasteiger charge is 2.65. The number of hydrogen-bond donors (Lipinski definition) is 3. The predicted octanol–water partition coefficient (Wildman–Crippen LogP) is 4.74. The van der Waals surface area contributed by atoms with E-state index in [1.807, 2.05) is 0 Å². The van der Waals surface area contributed by atoms with Gasteiger partial charge in [0.1, 0.15) is 24.7 Å². The van der Waals surface area contributed by atoms with E-state index >= 15 is 0 Å². The molecule has 1 aromatic rings. The van der Waals surface area contributed by atoms with E-state index in [9.17, 15) is 20.1 Å². The molecular formula is C32H46N2O8. The number of carbonyl (C=O) groups excluding carboxylic acids is 1. The van der Waals surface area contributed by atoms with Crippen LogP contribution in [0.2, 0.25) is 0 Å². The highest BCUT2D eigenvalue weighted by atomic mass is 16.7. The van der Waals surface area contributed by atoms with Crippen molar-refractivity contribution < 1.29 is 39.2 Å². The first-order chi connectivity index (χ1) is 20.4. The molecule has 1 heterocycles.